The van der Waals surface area contributed by atoms with E-state index in [1.54, 1.807) is 7.11 Å². The summed E-state index contributed by atoms with van der Waals surface area (Å²) < 4.78 is 5.14. The highest BCUT2D eigenvalue weighted by Crippen LogP contribution is 2.26. The molecular formula is C18H23N3O3S. The molecule has 25 heavy (non-hydrogen) atoms. The number of aliphatic hydroxyl groups excluding tert-OH is 1. The second kappa shape index (κ2) is 8.03. The lowest BCUT2D eigenvalue weighted by atomic mass is 10.1. The van der Waals surface area contributed by atoms with E-state index in [4.69, 9.17) is 4.74 Å². The Morgan fingerprint density at radius 2 is 2.20 bits per heavy atom. The topological polar surface area (TPSA) is 74.2 Å². The lowest BCUT2D eigenvalue weighted by Crippen LogP contribution is -2.36. The molecule has 2 aliphatic heterocycles. The van der Waals surface area contributed by atoms with Crippen LogP contribution in [0.4, 0.5) is 0 Å². The van der Waals surface area contributed by atoms with Crippen LogP contribution >= 0.6 is 11.8 Å². The molecule has 134 valence electrons. The van der Waals surface area contributed by atoms with E-state index in [2.05, 4.69) is 21.5 Å². The highest BCUT2D eigenvalue weighted by Gasteiger charge is 2.25. The Kier molecular flexibility index (Phi) is 5.78. The molecule has 0 fully saturated rings. The summed E-state index contributed by atoms with van der Waals surface area (Å²) in [6.07, 6.45) is 2.48. The zero-order valence-electron chi connectivity index (χ0n) is 14.4. The second-order valence-corrected chi connectivity index (χ2v) is 7.51. The van der Waals surface area contributed by atoms with Crippen LogP contribution in [0.5, 0.6) is 5.75 Å². The number of carbonyl (C=O) groups is 1. The van der Waals surface area contributed by atoms with Crippen LogP contribution in [0.1, 0.15) is 25.0 Å². The maximum absolute atomic E-state index is 11.5. The molecule has 1 aromatic carbocycles. The fourth-order valence-electron chi connectivity index (χ4n) is 2.84. The molecular weight excluding hydrogens is 338 g/mol. The zero-order chi connectivity index (χ0) is 17.8. The normalized spacial score (nSPS) is 22.7. The highest BCUT2D eigenvalue weighted by atomic mass is 32.2. The monoisotopic (exact) mass is 361 g/mol. The SMILES string of the molecule is COc1ccc(C(O)CN2CC=C(C3=NNC(=O)C(C)S3)CC2)cc1. The number of nitrogens with one attached hydrogen (secondary N) is 1. The van der Waals surface area contributed by atoms with Gasteiger partial charge in [-0.05, 0) is 36.6 Å². The Morgan fingerprint density at radius 1 is 1.44 bits per heavy atom. The van der Waals surface area contributed by atoms with E-state index in [1.807, 2.05) is 31.2 Å². The standard InChI is InChI=1S/C18H23N3O3S/c1-12-17(23)19-20-18(25-12)14-7-9-21(10-8-14)11-16(22)13-3-5-15(24-2)6-4-13/h3-7,12,16,22H,8-11H2,1-2H3,(H,19,23). The van der Waals surface area contributed by atoms with Gasteiger partial charge in [-0.15, -0.1) is 0 Å². The third-order valence-electron chi connectivity index (χ3n) is 4.42. The van der Waals surface area contributed by atoms with Crippen molar-refractivity contribution in [3.8, 4) is 5.75 Å². The Hall–Kier alpha value is -1.83. The summed E-state index contributed by atoms with van der Waals surface area (Å²) >= 11 is 1.51. The summed E-state index contributed by atoms with van der Waals surface area (Å²) in [7, 11) is 1.63. The van der Waals surface area contributed by atoms with E-state index in [0.717, 1.165) is 35.9 Å². The van der Waals surface area contributed by atoms with Gasteiger partial charge in [-0.25, -0.2) is 5.43 Å². The Labute approximate surface area is 151 Å². The third-order valence-corrected chi connectivity index (χ3v) is 5.57. The van der Waals surface area contributed by atoms with Crippen molar-refractivity contribution in [3.05, 3.63) is 41.5 Å². The van der Waals surface area contributed by atoms with Gasteiger partial charge in [-0.1, -0.05) is 30.0 Å². The Balaban J connectivity index is 1.56. The molecule has 2 aliphatic rings. The highest BCUT2D eigenvalue weighted by molar-refractivity contribution is 8.15. The quantitative estimate of drug-likeness (QED) is 0.838. The first-order valence-corrected chi connectivity index (χ1v) is 9.22. The van der Waals surface area contributed by atoms with Crippen LogP contribution < -0.4 is 10.2 Å². The molecule has 3 rings (SSSR count). The van der Waals surface area contributed by atoms with E-state index in [1.165, 1.54) is 17.3 Å². The number of hydrogen-bond donors (Lipinski definition) is 2. The smallest absolute Gasteiger partial charge is 0.253 e. The first-order valence-electron chi connectivity index (χ1n) is 8.35. The summed E-state index contributed by atoms with van der Waals surface area (Å²) in [5, 5.41) is 15.4. The molecule has 1 aromatic rings. The van der Waals surface area contributed by atoms with Gasteiger partial charge in [0.1, 0.15) is 10.8 Å². The third kappa shape index (κ3) is 4.42. The number of β-amino-alcohol motifs (C(OH)–C–C–N with tert-alkyl or cyclic N) is 1. The number of carbonyl (C=O) groups excluding carboxylic acids is 1. The molecule has 7 heteroatoms. The predicted octanol–water partition coefficient (Wildman–Crippen LogP) is 1.93. The lowest BCUT2D eigenvalue weighted by Gasteiger charge is -2.29. The Morgan fingerprint density at radius 3 is 2.80 bits per heavy atom. The molecule has 2 N–H and O–H groups in total. The van der Waals surface area contributed by atoms with E-state index < -0.39 is 6.10 Å². The number of ether oxygens (including phenoxy) is 1. The molecule has 0 aliphatic carbocycles. The number of thioether (sulfide) groups is 1. The van der Waals surface area contributed by atoms with Gasteiger partial charge in [0, 0.05) is 19.6 Å². The number of benzene rings is 1. The van der Waals surface area contributed by atoms with Gasteiger partial charge in [0.05, 0.1) is 18.5 Å². The summed E-state index contributed by atoms with van der Waals surface area (Å²) in [6.45, 7) is 4.10. The largest absolute Gasteiger partial charge is 0.497 e. The van der Waals surface area contributed by atoms with Gasteiger partial charge < -0.3 is 9.84 Å². The number of rotatable bonds is 5. The molecule has 1 amide bonds. The van der Waals surface area contributed by atoms with Crippen molar-refractivity contribution in [1.29, 1.82) is 0 Å². The van der Waals surface area contributed by atoms with Crippen molar-refractivity contribution in [2.24, 2.45) is 5.10 Å². The first kappa shape index (κ1) is 18.0. The molecule has 2 heterocycles. The number of methoxy groups -OCH3 is 1. The van der Waals surface area contributed by atoms with Gasteiger partial charge in [-0.2, -0.15) is 5.10 Å². The Bertz CT molecular complexity index is 687. The molecule has 0 aromatic heterocycles. The number of hydrogen-bond acceptors (Lipinski definition) is 6. The van der Waals surface area contributed by atoms with Crippen molar-refractivity contribution < 1.29 is 14.6 Å². The maximum Gasteiger partial charge on any atom is 0.253 e. The van der Waals surface area contributed by atoms with Gasteiger partial charge in [-0.3, -0.25) is 9.69 Å². The van der Waals surface area contributed by atoms with Crippen molar-refractivity contribution >= 4 is 22.7 Å². The van der Waals surface area contributed by atoms with E-state index >= 15 is 0 Å². The van der Waals surface area contributed by atoms with E-state index in [0.29, 0.717) is 6.54 Å². The number of aliphatic hydroxyl groups is 1. The van der Waals surface area contributed by atoms with Crippen LogP contribution in [0.3, 0.4) is 0 Å². The van der Waals surface area contributed by atoms with Crippen LogP contribution in [0.15, 0.2) is 41.0 Å². The first-order chi connectivity index (χ1) is 12.1. The van der Waals surface area contributed by atoms with Gasteiger partial charge in [0.2, 0.25) is 0 Å². The molecule has 0 saturated carbocycles. The van der Waals surface area contributed by atoms with Gasteiger partial charge in [0.25, 0.3) is 5.91 Å². The lowest BCUT2D eigenvalue weighted by molar-refractivity contribution is -0.120. The minimum Gasteiger partial charge on any atom is -0.497 e. The van der Waals surface area contributed by atoms with Crippen LogP contribution in [-0.2, 0) is 4.79 Å². The summed E-state index contributed by atoms with van der Waals surface area (Å²) in [5.41, 5.74) is 4.64. The van der Waals surface area contributed by atoms with Crippen LogP contribution in [0.2, 0.25) is 0 Å². The molecule has 0 bridgehead atoms. The number of amides is 1. The number of hydrazone groups is 1. The molecule has 0 spiro atoms. The fourth-order valence-corrected chi connectivity index (χ4v) is 3.77. The summed E-state index contributed by atoms with van der Waals surface area (Å²) in [5.74, 6) is 0.739. The summed E-state index contributed by atoms with van der Waals surface area (Å²) in [4.78, 5) is 13.7. The minimum atomic E-state index is -0.526. The maximum atomic E-state index is 11.5. The van der Waals surface area contributed by atoms with Crippen LogP contribution in [0.25, 0.3) is 0 Å². The van der Waals surface area contributed by atoms with Gasteiger partial charge in [0.15, 0.2) is 0 Å². The van der Waals surface area contributed by atoms with Crippen molar-refractivity contribution in [3.63, 3.8) is 0 Å². The van der Waals surface area contributed by atoms with Crippen molar-refractivity contribution in [1.82, 2.24) is 10.3 Å². The van der Waals surface area contributed by atoms with Crippen LogP contribution in [-0.4, -0.2) is 53.0 Å². The van der Waals surface area contributed by atoms with Crippen molar-refractivity contribution in [2.45, 2.75) is 24.7 Å². The van der Waals surface area contributed by atoms with Gasteiger partial charge >= 0.3 is 0 Å². The second-order valence-electron chi connectivity index (χ2n) is 6.18. The van der Waals surface area contributed by atoms with E-state index in [9.17, 15) is 9.90 Å². The summed E-state index contributed by atoms with van der Waals surface area (Å²) in [6, 6.07) is 7.51. The minimum absolute atomic E-state index is 0.0469. The fraction of sp³-hybridized carbons (Fsp3) is 0.444. The average Bonchev–Trinajstić information content (AvgIpc) is 2.64. The molecule has 0 radical (unpaired) electrons. The molecule has 2 unspecified atom stereocenters. The number of nitrogens with zero attached hydrogens (tertiary/aromatic N) is 2. The molecule has 0 saturated heterocycles. The average molecular weight is 361 g/mol. The zero-order valence-corrected chi connectivity index (χ0v) is 15.3. The van der Waals surface area contributed by atoms with Crippen LogP contribution in [0, 0.1) is 0 Å². The predicted molar refractivity (Wildman–Crippen MR) is 99.7 cm³/mol. The molecule has 2 atom stereocenters. The molecule has 6 nitrogen and oxygen atoms in total. The van der Waals surface area contributed by atoms with Crippen molar-refractivity contribution in [2.75, 3.05) is 26.7 Å². The van der Waals surface area contributed by atoms with E-state index in [-0.39, 0.29) is 11.2 Å².